The molecule has 0 aromatic heterocycles. The molecule has 2 rings (SSSR count). The van der Waals surface area contributed by atoms with Crippen molar-refractivity contribution in [2.75, 3.05) is 13.1 Å². The smallest absolute Gasteiger partial charge is 0.408 e. The number of nitrogens with zero attached hydrogens (tertiary/aromatic N) is 2. The number of benzene rings is 1. The maximum Gasteiger partial charge on any atom is 0.408 e. The van der Waals surface area contributed by atoms with Gasteiger partial charge in [0.25, 0.3) is 0 Å². The highest BCUT2D eigenvalue weighted by atomic mass is 16.5. The largest absolute Gasteiger partial charge is 0.445 e. The van der Waals surface area contributed by atoms with Gasteiger partial charge in [0.1, 0.15) is 18.9 Å². The number of aliphatic hydroxyl groups excluding tert-OH is 1. The van der Waals surface area contributed by atoms with Crippen LogP contribution in [0.1, 0.15) is 26.3 Å². The predicted molar refractivity (Wildman–Crippen MR) is 96.9 cm³/mol. The number of nitrogens with one attached hydrogen (secondary N) is 1. The Hall–Kier alpha value is -2.65. The third kappa shape index (κ3) is 4.95. The molecular weight excluding hydrogens is 352 g/mol. The summed E-state index contributed by atoms with van der Waals surface area (Å²) in [4.78, 5) is 38.8. The molecule has 2 atom stereocenters. The van der Waals surface area contributed by atoms with E-state index in [0.717, 1.165) is 5.56 Å². The number of amides is 3. The van der Waals surface area contributed by atoms with E-state index in [2.05, 4.69) is 5.32 Å². The van der Waals surface area contributed by atoms with Crippen molar-refractivity contribution in [3.05, 3.63) is 35.9 Å². The van der Waals surface area contributed by atoms with Crippen LogP contribution in [0.15, 0.2) is 30.3 Å². The number of ether oxygens (including phenoxy) is 1. The van der Waals surface area contributed by atoms with E-state index in [4.69, 9.17) is 10.5 Å². The molecule has 1 aromatic rings. The highest BCUT2D eigenvalue weighted by Gasteiger charge is 2.48. The third-order valence-corrected chi connectivity index (χ3v) is 4.58. The fraction of sp³-hybridized carbons (Fsp3) is 0.500. The van der Waals surface area contributed by atoms with Crippen LogP contribution in [-0.4, -0.2) is 63.8 Å². The standard InChI is InChI=1S/C18H26N4O5/c1-12(20-17(26)27-11-13-7-5-4-6-8-13)16(25)22-10-15(24)21(9-14(19)23)18(22,2)3/h4-8,12,15,24H,9-11H2,1-3H3,(H2,19,23)(H,20,26). The van der Waals surface area contributed by atoms with E-state index in [-0.39, 0.29) is 19.7 Å². The molecule has 27 heavy (non-hydrogen) atoms. The number of carbonyl (C=O) groups is 3. The maximum absolute atomic E-state index is 12.7. The lowest BCUT2D eigenvalue weighted by molar-refractivity contribution is -0.141. The van der Waals surface area contributed by atoms with Crippen LogP contribution in [0, 0.1) is 0 Å². The van der Waals surface area contributed by atoms with E-state index in [0.29, 0.717) is 0 Å². The van der Waals surface area contributed by atoms with Gasteiger partial charge in [0, 0.05) is 0 Å². The molecule has 1 aromatic carbocycles. The average molecular weight is 378 g/mol. The zero-order chi connectivity index (χ0) is 20.2. The molecule has 148 valence electrons. The van der Waals surface area contributed by atoms with Crippen LogP contribution in [0.4, 0.5) is 4.79 Å². The van der Waals surface area contributed by atoms with Crippen LogP contribution in [0.2, 0.25) is 0 Å². The Morgan fingerprint density at radius 2 is 1.96 bits per heavy atom. The van der Waals surface area contributed by atoms with Crippen LogP contribution < -0.4 is 11.1 Å². The SMILES string of the molecule is CC(NC(=O)OCc1ccccc1)C(=O)N1CC(O)N(CC(N)=O)C1(C)C. The lowest BCUT2D eigenvalue weighted by Gasteiger charge is -2.38. The first-order valence-electron chi connectivity index (χ1n) is 8.64. The monoisotopic (exact) mass is 378 g/mol. The van der Waals surface area contributed by atoms with Gasteiger partial charge in [0.05, 0.1) is 18.8 Å². The van der Waals surface area contributed by atoms with E-state index in [1.54, 1.807) is 13.8 Å². The second-order valence-electron chi connectivity index (χ2n) is 6.95. The molecule has 9 heteroatoms. The van der Waals surface area contributed by atoms with Gasteiger partial charge in [-0.25, -0.2) is 9.69 Å². The number of alkyl carbamates (subject to hydrolysis) is 1. The first-order valence-corrected chi connectivity index (χ1v) is 8.64. The van der Waals surface area contributed by atoms with Gasteiger partial charge >= 0.3 is 6.09 Å². The Balaban J connectivity index is 1.94. The summed E-state index contributed by atoms with van der Waals surface area (Å²) in [5.74, 6) is -1.00. The van der Waals surface area contributed by atoms with E-state index in [9.17, 15) is 19.5 Å². The zero-order valence-electron chi connectivity index (χ0n) is 15.7. The maximum atomic E-state index is 12.7. The minimum atomic E-state index is -1.02. The number of aliphatic hydroxyl groups is 1. The van der Waals surface area contributed by atoms with Gasteiger partial charge in [0.15, 0.2) is 0 Å². The lowest BCUT2D eigenvalue weighted by atomic mass is 10.1. The van der Waals surface area contributed by atoms with Gasteiger partial charge in [-0.15, -0.1) is 0 Å². The minimum Gasteiger partial charge on any atom is -0.445 e. The van der Waals surface area contributed by atoms with Crippen molar-refractivity contribution in [3.8, 4) is 0 Å². The van der Waals surface area contributed by atoms with Crippen molar-refractivity contribution in [1.29, 1.82) is 0 Å². The predicted octanol–water partition coefficient (Wildman–Crippen LogP) is -0.0147. The van der Waals surface area contributed by atoms with Crippen molar-refractivity contribution in [2.24, 2.45) is 5.73 Å². The molecule has 0 bridgehead atoms. The van der Waals surface area contributed by atoms with Crippen LogP contribution >= 0.6 is 0 Å². The summed E-state index contributed by atoms with van der Waals surface area (Å²) in [5.41, 5.74) is 5.11. The minimum absolute atomic E-state index is 0.00416. The number of nitrogens with two attached hydrogens (primary N) is 1. The van der Waals surface area contributed by atoms with E-state index in [1.807, 2.05) is 30.3 Å². The Morgan fingerprint density at radius 1 is 1.33 bits per heavy atom. The summed E-state index contributed by atoms with van der Waals surface area (Å²) in [5, 5.41) is 12.7. The molecule has 4 N–H and O–H groups in total. The third-order valence-electron chi connectivity index (χ3n) is 4.58. The van der Waals surface area contributed by atoms with E-state index in [1.165, 1.54) is 16.7 Å². The highest BCUT2D eigenvalue weighted by molar-refractivity contribution is 5.86. The fourth-order valence-electron chi connectivity index (χ4n) is 3.07. The number of carbonyl (C=O) groups excluding carboxylic acids is 3. The molecule has 9 nitrogen and oxygen atoms in total. The quantitative estimate of drug-likeness (QED) is 0.639. The molecule has 3 amide bonds. The summed E-state index contributed by atoms with van der Waals surface area (Å²) in [7, 11) is 0. The van der Waals surface area contributed by atoms with Crippen LogP contribution in [0.5, 0.6) is 0 Å². The first-order chi connectivity index (χ1) is 12.6. The zero-order valence-corrected chi connectivity index (χ0v) is 15.7. The van der Waals surface area contributed by atoms with E-state index < -0.39 is 35.8 Å². The Kier molecular flexibility index (Phi) is 6.40. The van der Waals surface area contributed by atoms with Gasteiger partial charge in [-0.3, -0.25) is 9.59 Å². The molecule has 0 radical (unpaired) electrons. The Bertz CT molecular complexity index is 694. The van der Waals surface area contributed by atoms with Crippen molar-refractivity contribution < 1.29 is 24.2 Å². The molecule has 0 saturated carbocycles. The molecule has 1 aliphatic heterocycles. The fourth-order valence-corrected chi connectivity index (χ4v) is 3.07. The second-order valence-corrected chi connectivity index (χ2v) is 6.95. The van der Waals surface area contributed by atoms with Crippen LogP contribution in [0.3, 0.4) is 0 Å². The van der Waals surface area contributed by atoms with Gasteiger partial charge in [0.2, 0.25) is 11.8 Å². The van der Waals surface area contributed by atoms with Crippen molar-refractivity contribution in [2.45, 2.75) is 45.3 Å². The lowest BCUT2D eigenvalue weighted by Crippen LogP contribution is -2.57. The summed E-state index contributed by atoms with van der Waals surface area (Å²) in [6.45, 7) is 4.84. The number of hydrogen-bond donors (Lipinski definition) is 3. The van der Waals surface area contributed by atoms with Gasteiger partial charge in [-0.2, -0.15) is 0 Å². The second kappa shape index (κ2) is 8.36. The van der Waals surface area contributed by atoms with Crippen molar-refractivity contribution in [3.63, 3.8) is 0 Å². The number of rotatable bonds is 6. The van der Waals surface area contributed by atoms with Crippen molar-refractivity contribution in [1.82, 2.24) is 15.1 Å². The van der Waals surface area contributed by atoms with Gasteiger partial charge < -0.3 is 25.8 Å². The number of β-amino-alcohol motifs (C(OH)–C–C–N with tert-alkyl or cyclic N) is 1. The molecule has 1 fully saturated rings. The molecule has 1 aliphatic rings. The van der Waals surface area contributed by atoms with Crippen molar-refractivity contribution >= 4 is 17.9 Å². The molecule has 2 unspecified atom stereocenters. The Labute approximate surface area is 158 Å². The van der Waals surface area contributed by atoms with Crippen LogP contribution in [0.25, 0.3) is 0 Å². The Morgan fingerprint density at radius 3 is 2.56 bits per heavy atom. The van der Waals surface area contributed by atoms with E-state index >= 15 is 0 Å². The summed E-state index contributed by atoms with van der Waals surface area (Å²) in [6, 6.07) is 8.31. The number of hydrogen-bond acceptors (Lipinski definition) is 6. The molecule has 1 saturated heterocycles. The summed E-state index contributed by atoms with van der Waals surface area (Å²) < 4.78 is 5.12. The summed E-state index contributed by atoms with van der Waals surface area (Å²) >= 11 is 0. The van der Waals surface area contributed by atoms with Crippen LogP contribution in [-0.2, 0) is 20.9 Å². The molecule has 0 spiro atoms. The van der Waals surface area contributed by atoms with Gasteiger partial charge in [-0.1, -0.05) is 30.3 Å². The first kappa shape index (κ1) is 20.7. The molecule has 0 aliphatic carbocycles. The number of primary amides is 1. The average Bonchev–Trinajstić information content (AvgIpc) is 2.83. The summed E-state index contributed by atoms with van der Waals surface area (Å²) in [6.07, 6.45) is -1.74. The van der Waals surface area contributed by atoms with Gasteiger partial charge in [-0.05, 0) is 26.3 Å². The normalized spacial score (nSPS) is 20.1. The molecular formula is C18H26N4O5. The topological polar surface area (TPSA) is 125 Å². The highest BCUT2D eigenvalue weighted by Crippen LogP contribution is 2.29. The molecule has 1 heterocycles.